The third-order valence-electron chi connectivity index (χ3n) is 3.15. The number of nitriles is 1. The Kier molecular flexibility index (Phi) is 2.03. The van der Waals surface area contributed by atoms with E-state index in [4.69, 9.17) is 5.26 Å². The minimum absolute atomic E-state index is 0.205. The molecule has 0 aliphatic heterocycles. The molecule has 0 heterocycles. The Morgan fingerprint density at radius 1 is 1.43 bits per heavy atom. The molecule has 1 aliphatic rings. The second-order valence-corrected chi connectivity index (χ2v) is 4.01. The van der Waals surface area contributed by atoms with Crippen molar-refractivity contribution in [1.82, 2.24) is 0 Å². The van der Waals surface area contributed by atoms with Crippen molar-refractivity contribution < 1.29 is 4.39 Å². The first-order valence-electron chi connectivity index (χ1n) is 4.86. The molecular formula is C12H12FN. The largest absolute Gasteiger partial charge is 0.207 e. The van der Waals surface area contributed by atoms with Crippen LogP contribution in [-0.2, 0) is 5.41 Å². The van der Waals surface area contributed by atoms with Gasteiger partial charge < -0.3 is 0 Å². The standard InChI is InChI=1S/C12H12FN/c1-9-3-4-10(7-11(9)13)12(8-14)5-2-6-12/h3-4,7H,2,5-6H2,1H3. The molecule has 1 saturated carbocycles. The number of hydrogen-bond donors (Lipinski definition) is 0. The Hall–Kier alpha value is -1.36. The molecule has 14 heavy (non-hydrogen) atoms. The minimum atomic E-state index is -0.394. The molecule has 2 rings (SSSR count). The predicted molar refractivity (Wildman–Crippen MR) is 52.3 cm³/mol. The lowest BCUT2D eigenvalue weighted by molar-refractivity contribution is 0.323. The number of rotatable bonds is 1. The molecule has 1 fully saturated rings. The number of nitrogens with zero attached hydrogens (tertiary/aromatic N) is 1. The highest BCUT2D eigenvalue weighted by Gasteiger charge is 2.39. The van der Waals surface area contributed by atoms with E-state index < -0.39 is 5.41 Å². The van der Waals surface area contributed by atoms with Crippen LogP contribution in [0.4, 0.5) is 4.39 Å². The summed E-state index contributed by atoms with van der Waals surface area (Å²) in [6, 6.07) is 7.45. The van der Waals surface area contributed by atoms with Gasteiger partial charge in [-0.05, 0) is 43.4 Å². The van der Waals surface area contributed by atoms with Gasteiger partial charge >= 0.3 is 0 Å². The van der Waals surface area contributed by atoms with Crippen molar-refractivity contribution in [2.45, 2.75) is 31.6 Å². The third kappa shape index (κ3) is 1.21. The highest BCUT2D eigenvalue weighted by Crippen LogP contribution is 2.43. The van der Waals surface area contributed by atoms with Crippen molar-refractivity contribution in [2.24, 2.45) is 0 Å². The summed E-state index contributed by atoms with van der Waals surface area (Å²) in [4.78, 5) is 0. The summed E-state index contributed by atoms with van der Waals surface area (Å²) in [6.07, 6.45) is 2.81. The van der Waals surface area contributed by atoms with Crippen LogP contribution in [0.2, 0.25) is 0 Å². The van der Waals surface area contributed by atoms with E-state index in [1.165, 1.54) is 6.07 Å². The van der Waals surface area contributed by atoms with E-state index in [2.05, 4.69) is 6.07 Å². The summed E-state index contributed by atoms with van der Waals surface area (Å²) >= 11 is 0. The molecule has 1 aromatic rings. The maximum atomic E-state index is 13.3. The van der Waals surface area contributed by atoms with Crippen LogP contribution >= 0.6 is 0 Å². The van der Waals surface area contributed by atoms with E-state index in [1.807, 2.05) is 6.07 Å². The molecule has 2 heteroatoms. The second kappa shape index (κ2) is 3.09. The van der Waals surface area contributed by atoms with Gasteiger partial charge in [-0.2, -0.15) is 5.26 Å². The van der Waals surface area contributed by atoms with Crippen molar-refractivity contribution in [3.05, 3.63) is 35.1 Å². The number of aryl methyl sites for hydroxylation is 1. The zero-order valence-electron chi connectivity index (χ0n) is 8.18. The Bertz CT molecular complexity index is 399. The number of halogens is 1. The first-order valence-corrected chi connectivity index (χ1v) is 4.86. The fourth-order valence-electron chi connectivity index (χ4n) is 1.89. The van der Waals surface area contributed by atoms with Crippen LogP contribution in [0.25, 0.3) is 0 Å². The van der Waals surface area contributed by atoms with Crippen molar-refractivity contribution in [1.29, 1.82) is 5.26 Å². The van der Waals surface area contributed by atoms with Crippen LogP contribution in [0.5, 0.6) is 0 Å². The summed E-state index contributed by atoms with van der Waals surface area (Å²) in [5.74, 6) is -0.205. The van der Waals surface area contributed by atoms with Gasteiger partial charge in [0.25, 0.3) is 0 Å². The summed E-state index contributed by atoms with van der Waals surface area (Å²) in [7, 11) is 0. The van der Waals surface area contributed by atoms with Gasteiger partial charge in [-0.1, -0.05) is 12.1 Å². The highest BCUT2D eigenvalue weighted by molar-refractivity contribution is 5.37. The maximum absolute atomic E-state index is 13.3. The molecule has 0 N–H and O–H groups in total. The number of benzene rings is 1. The lowest BCUT2D eigenvalue weighted by Crippen LogP contribution is -2.32. The average Bonchev–Trinajstić information content (AvgIpc) is 2.10. The molecule has 0 saturated heterocycles. The lowest BCUT2D eigenvalue weighted by atomic mass is 9.65. The molecule has 0 unspecified atom stereocenters. The van der Waals surface area contributed by atoms with Gasteiger partial charge in [-0.25, -0.2) is 4.39 Å². The fourth-order valence-corrected chi connectivity index (χ4v) is 1.89. The van der Waals surface area contributed by atoms with Gasteiger partial charge in [-0.3, -0.25) is 0 Å². The summed E-state index contributed by atoms with van der Waals surface area (Å²) < 4.78 is 13.3. The van der Waals surface area contributed by atoms with Crippen LogP contribution in [0.1, 0.15) is 30.4 Å². The first kappa shape index (κ1) is 9.21. The van der Waals surface area contributed by atoms with Gasteiger partial charge in [0, 0.05) is 0 Å². The molecule has 0 aromatic heterocycles. The van der Waals surface area contributed by atoms with Crippen molar-refractivity contribution in [3.8, 4) is 6.07 Å². The van der Waals surface area contributed by atoms with Gasteiger partial charge in [-0.15, -0.1) is 0 Å². The van der Waals surface area contributed by atoms with E-state index in [0.29, 0.717) is 5.56 Å². The average molecular weight is 189 g/mol. The van der Waals surface area contributed by atoms with Crippen LogP contribution in [0, 0.1) is 24.1 Å². The van der Waals surface area contributed by atoms with Crippen LogP contribution < -0.4 is 0 Å². The number of hydrogen-bond acceptors (Lipinski definition) is 1. The zero-order chi connectivity index (χ0) is 10.2. The fraction of sp³-hybridized carbons (Fsp3) is 0.417. The van der Waals surface area contributed by atoms with E-state index in [-0.39, 0.29) is 5.82 Å². The van der Waals surface area contributed by atoms with Crippen LogP contribution in [0.3, 0.4) is 0 Å². The Labute approximate surface area is 83.2 Å². The highest BCUT2D eigenvalue weighted by atomic mass is 19.1. The predicted octanol–water partition coefficient (Wildman–Crippen LogP) is 3.08. The summed E-state index contributed by atoms with van der Waals surface area (Å²) in [5, 5.41) is 9.08. The van der Waals surface area contributed by atoms with Crippen molar-refractivity contribution in [3.63, 3.8) is 0 Å². The minimum Gasteiger partial charge on any atom is -0.207 e. The molecule has 72 valence electrons. The summed E-state index contributed by atoms with van der Waals surface area (Å²) in [5.41, 5.74) is 1.09. The van der Waals surface area contributed by atoms with Gasteiger partial charge in [0.1, 0.15) is 5.82 Å². The zero-order valence-corrected chi connectivity index (χ0v) is 8.18. The van der Waals surface area contributed by atoms with Gasteiger partial charge in [0.15, 0.2) is 0 Å². The van der Waals surface area contributed by atoms with Gasteiger partial charge in [0.2, 0.25) is 0 Å². The second-order valence-electron chi connectivity index (χ2n) is 4.01. The molecule has 1 aromatic carbocycles. The molecule has 1 aliphatic carbocycles. The lowest BCUT2D eigenvalue weighted by Gasteiger charge is -2.35. The normalized spacial score (nSPS) is 18.4. The molecule has 1 nitrogen and oxygen atoms in total. The smallest absolute Gasteiger partial charge is 0.126 e. The van der Waals surface area contributed by atoms with Crippen molar-refractivity contribution >= 4 is 0 Å². The molecular weight excluding hydrogens is 177 g/mol. The van der Waals surface area contributed by atoms with Crippen molar-refractivity contribution in [2.75, 3.05) is 0 Å². The first-order chi connectivity index (χ1) is 6.68. The van der Waals surface area contributed by atoms with Crippen LogP contribution in [-0.4, -0.2) is 0 Å². The molecule has 0 spiro atoms. The molecule has 0 atom stereocenters. The molecule has 0 amide bonds. The topological polar surface area (TPSA) is 23.8 Å². The Balaban J connectivity index is 2.42. The van der Waals surface area contributed by atoms with E-state index in [0.717, 1.165) is 24.8 Å². The van der Waals surface area contributed by atoms with Gasteiger partial charge in [0.05, 0.1) is 11.5 Å². The van der Waals surface area contributed by atoms with E-state index in [1.54, 1.807) is 13.0 Å². The quantitative estimate of drug-likeness (QED) is 0.666. The Morgan fingerprint density at radius 3 is 2.57 bits per heavy atom. The third-order valence-corrected chi connectivity index (χ3v) is 3.15. The SMILES string of the molecule is Cc1ccc(C2(C#N)CCC2)cc1F. The van der Waals surface area contributed by atoms with E-state index in [9.17, 15) is 4.39 Å². The Morgan fingerprint density at radius 2 is 2.14 bits per heavy atom. The molecule has 0 bridgehead atoms. The monoisotopic (exact) mass is 189 g/mol. The maximum Gasteiger partial charge on any atom is 0.126 e. The van der Waals surface area contributed by atoms with Crippen LogP contribution in [0.15, 0.2) is 18.2 Å². The molecule has 0 radical (unpaired) electrons. The summed E-state index contributed by atoms with van der Waals surface area (Å²) in [6.45, 7) is 1.74. The van der Waals surface area contributed by atoms with E-state index >= 15 is 0 Å².